The zero-order valence-electron chi connectivity index (χ0n) is 17.4. The molecule has 1 heterocycles. The molecule has 1 aromatic heterocycles. The Morgan fingerprint density at radius 1 is 1.34 bits per heavy atom. The number of benzene rings is 1. The fourth-order valence-corrected chi connectivity index (χ4v) is 2.85. The van der Waals surface area contributed by atoms with Crippen LogP contribution < -0.4 is 11.1 Å². The SMILES string of the molecule is CC[C@H](Cc1cc(NC(=O)c2ncc(C#N)cc2COC)ccc1F)O/C(N)=N\C(F)F. The van der Waals surface area contributed by atoms with Gasteiger partial charge in [0.05, 0.1) is 12.2 Å². The fourth-order valence-electron chi connectivity index (χ4n) is 2.85. The number of halogens is 3. The number of aromatic nitrogens is 1. The summed E-state index contributed by atoms with van der Waals surface area (Å²) in [5, 5.41) is 11.6. The number of pyridine rings is 1. The number of carbonyl (C=O) groups is 1. The first-order chi connectivity index (χ1) is 15.3. The summed E-state index contributed by atoms with van der Waals surface area (Å²) in [6.07, 6.45) is 0.922. The molecule has 3 N–H and O–H groups in total. The maximum absolute atomic E-state index is 14.3. The van der Waals surface area contributed by atoms with Crippen LogP contribution in [0.2, 0.25) is 0 Å². The number of alkyl halides is 2. The lowest BCUT2D eigenvalue weighted by Gasteiger charge is -2.18. The van der Waals surface area contributed by atoms with Crippen LogP contribution in [-0.2, 0) is 22.5 Å². The number of anilines is 1. The van der Waals surface area contributed by atoms with Gasteiger partial charge in [-0.15, -0.1) is 0 Å². The van der Waals surface area contributed by atoms with E-state index in [1.54, 1.807) is 6.92 Å². The van der Waals surface area contributed by atoms with E-state index < -0.39 is 30.4 Å². The molecule has 1 aromatic carbocycles. The number of ether oxygens (including phenoxy) is 2. The number of rotatable bonds is 9. The Bertz CT molecular complexity index is 1020. The Morgan fingerprint density at radius 2 is 2.09 bits per heavy atom. The lowest BCUT2D eigenvalue weighted by atomic mass is 10.0. The predicted molar refractivity (Wildman–Crippen MR) is 111 cm³/mol. The highest BCUT2D eigenvalue weighted by Gasteiger charge is 2.18. The van der Waals surface area contributed by atoms with Crippen LogP contribution in [0.1, 0.15) is 40.5 Å². The molecule has 2 aromatic rings. The number of hydrogen-bond acceptors (Lipinski definition) is 6. The van der Waals surface area contributed by atoms with Gasteiger partial charge >= 0.3 is 6.55 Å². The number of aliphatic imine (C=N–C) groups is 1. The molecular weight excluding hydrogens is 427 g/mol. The van der Waals surface area contributed by atoms with Gasteiger partial charge in [-0.3, -0.25) is 4.79 Å². The third-order valence-corrected chi connectivity index (χ3v) is 4.33. The molecule has 1 atom stereocenters. The summed E-state index contributed by atoms with van der Waals surface area (Å²) in [6.45, 7) is -1.23. The van der Waals surface area contributed by atoms with E-state index in [0.29, 0.717) is 12.0 Å². The van der Waals surface area contributed by atoms with E-state index in [4.69, 9.17) is 20.5 Å². The minimum absolute atomic E-state index is 0.00947. The van der Waals surface area contributed by atoms with Crippen LogP contribution in [0.4, 0.5) is 18.9 Å². The van der Waals surface area contributed by atoms with Crippen LogP contribution in [0.5, 0.6) is 0 Å². The van der Waals surface area contributed by atoms with Gasteiger partial charge < -0.3 is 20.5 Å². The van der Waals surface area contributed by atoms with E-state index in [9.17, 15) is 18.0 Å². The van der Waals surface area contributed by atoms with Crippen molar-refractivity contribution in [1.82, 2.24) is 4.98 Å². The molecule has 170 valence electrons. The molecule has 0 saturated carbocycles. The molecule has 0 aliphatic carbocycles. The quantitative estimate of drug-likeness (QED) is 0.344. The van der Waals surface area contributed by atoms with Crippen LogP contribution in [0, 0.1) is 17.1 Å². The normalized spacial score (nSPS) is 12.3. The van der Waals surface area contributed by atoms with Crippen molar-refractivity contribution in [2.24, 2.45) is 10.7 Å². The van der Waals surface area contributed by atoms with Gasteiger partial charge in [0, 0.05) is 31.0 Å². The molecule has 0 bridgehead atoms. The van der Waals surface area contributed by atoms with E-state index in [-0.39, 0.29) is 35.5 Å². The number of amides is 1. The summed E-state index contributed by atoms with van der Waals surface area (Å²) in [4.78, 5) is 19.5. The van der Waals surface area contributed by atoms with Crippen molar-refractivity contribution < 1.29 is 27.4 Å². The first-order valence-electron chi connectivity index (χ1n) is 9.53. The van der Waals surface area contributed by atoms with Crippen LogP contribution in [0.15, 0.2) is 35.5 Å². The Morgan fingerprint density at radius 3 is 2.72 bits per heavy atom. The number of amidine groups is 1. The van der Waals surface area contributed by atoms with Crippen LogP contribution in [-0.4, -0.2) is 36.7 Å². The molecule has 8 nitrogen and oxygen atoms in total. The maximum Gasteiger partial charge on any atom is 0.336 e. The number of nitrogens with zero attached hydrogens (tertiary/aromatic N) is 3. The van der Waals surface area contributed by atoms with Crippen molar-refractivity contribution in [1.29, 1.82) is 5.26 Å². The van der Waals surface area contributed by atoms with Crippen molar-refractivity contribution in [3.05, 3.63) is 58.7 Å². The second kappa shape index (κ2) is 11.7. The molecule has 0 aliphatic rings. The van der Waals surface area contributed by atoms with Gasteiger partial charge in [0.15, 0.2) is 0 Å². The number of carbonyl (C=O) groups excluding carboxylic acids is 1. The van der Waals surface area contributed by atoms with Crippen molar-refractivity contribution >= 4 is 17.6 Å². The Kier molecular flexibility index (Phi) is 8.97. The summed E-state index contributed by atoms with van der Waals surface area (Å²) >= 11 is 0. The third kappa shape index (κ3) is 6.95. The van der Waals surface area contributed by atoms with E-state index >= 15 is 0 Å². The molecule has 0 saturated heterocycles. The minimum Gasteiger partial charge on any atom is -0.462 e. The number of nitrogens with one attached hydrogen (secondary N) is 1. The highest BCUT2D eigenvalue weighted by atomic mass is 19.3. The van der Waals surface area contributed by atoms with Crippen molar-refractivity contribution in [3.8, 4) is 6.07 Å². The zero-order valence-corrected chi connectivity index (χ0v) is 17.4. The average Bonchev–Trinajstić information content (AvgIpc) is 2.75. The second-order valence-corrected chi connectivity index (χ2v) is 6.63. The van der Waals surface area contributed by atoms with Gasteiger partial charge in [0.2, 0.25) is 0 Å². The van der Waals surface area contributed by atoms with Gasteiger partial charge in [-0.2, -0.15) is 19.0 Å². The van der Waals surface area contributed by atoms with Gasteiger partial charge in [0.1, 0.15) is 23.7 Å². The first-order valence-corrected chi connectivity index (χ1v) is 9.53. The zero-order chi connectivity index (χ0) is 23.7. The van der Waals surface area contributed by atoms with Gasteiger partial charge in [-0.25, -0.2) is 9.37 Å². The van der Waals surface area contributed by atoms with Gasteiger partial charge in [0.25, 0.3) is 11.9 Å². The van der Waals surface area contributed by atoms with Crippen LogP contribution >= 0.6 is 0 Å². The standard InChI is InChI=1S/C21H22F3N5O3/c1-3-16(32-21(26)29-20(23)24)8-13-7-15(4-5-17(13)22)28-19(30)18-14(11-31-2)6-12(9-25)10-27-18/h4-7,10,16,20H,3,8,11H2,1-2H3,(H2,26,29)(H,28,30)/t16-/m1/s1. The topological polar surface area (TPSA) is 123 Å². The third-order valence-electron chi connectivity index (χ3n) is 4.33. The molecular formula is C21H22F3N5O3. The van der Waals surface area contributed by atoms with E-state index in [1.807, 2.05) is 6.07 Å². The Labute approximate surface area is 182 Å². The van der Waals surface area contributed by atoms with E-state index in [1.165, 1.54) is 31.5 Å². The number of nitrogens with two attached hydrogens (primary N) is 1. The van der Waals surface area contributed by atoms with Crippen molar-refractivity contribution in [3.63, 3.8) is 0 Å². The maximum atomic E-state index is 14.3. The molecule has 0 aliphatic heterocycles. The second-order valence-electron chi connectivity index (χ2n) is 6.63. The van der Waals surface area contributed by atoms with Crippen LogP contribution in [0.25, 0.3) is 0 Å². The predicted octanol–water partition coefficient (Wildman–Crippen LogP) is 3.37. The Hall–Kier alpha value is -3.65. The molecule has 0 fully saturated rings. The Balaban J connectivity index is 2.20. The van der Waals surface area contributed by atoms with Gasteiger partial charge in [-0.05, 0) is 36.2 Å². The summed E-state index contributed by atoms with van der Waals surface area (Å²) in [7, 11) is 1.44. The highest BCUT2D eigenvalue weighted by molar-refractivity contribution is 6.03. The molecule has 0 radical (unpaired) electrons. The monoisotopic (exact) mass is 449 g/mol. The first kappa shape index (κ1) is 24.6. The van der Waals surface area contributed by atoms with E-state index in [2.05, 4.69) is 15.3 Å². The minimum atomic E-state index is -3.01. The summed E-state index contributed by atoms with van der Waals surface area (Å²) in [5.41, 5.74) is 6.54. The largest absolute Gasteiger partial charge is 0.462 e. The van der Waals surface area contributed by atoms with E-state index in [0.717, 1.165) is 6.07 Å². The van der Waals surface area contributed by atoms with Crippen molar-refractivity contribution in [2.75, 3.05) is 12.4 Å². The number of methoxy groups -OCH3 is 1. The average molecular weight is 449 g/mol. The smallest absolute Gasteiger partial charge is 0.336 e. The highest BCUT2D eigenvalue weighted by Crippen LogP contribution is 2.20. The lowest BCUT2D eigenvalue weighted by Crippen LogP contribution is -2.27. The number of nitriles is 1. The summed E-state index contributed by atoms with van der Waals surface area (Å²) in [5.74, 6) is -1.14. The van der Waals surface area contributed by atoms with Crippen molar-refractivity contribution in [2.45, 2.75) is 39.0 Å². The molecule has 1 amide bonds. The molecule has 2 rings (SSSR count). The summed E-state index contributed by atoms with van der Waals surface area (Å²) < 4.78 is 49.1. The molecule has 0 unspecified atom stereocenters. The van der Waals surface area contributed by atoms with Crippen LogP contribution in [0.3, 0.4) is 0 Å². The molecule has 32 heavy (non-hydrogen) atoms. The lowest BCUT2D eigenvalue weighted by molar-refractivity contribution is 0.101. The summed E-state index contributed by atoms with van der Waals surface area (Å²) in [6, 6.07) is 6.68. The van der Waals surface area contributed by atoms with Gasteiger partial charge in [-0.1, -0.05) is 6.92 Å². The fraction of sp³-hybridized carbons (Fsp3) is 0.333. The molecule has 0 spiro atoms. The number of hydrogen-bond donors (Lipinski definition) is 2. The molecule has 11 heteroatoms.